The summed E-state index contributed by atoms with van der Waals surface area (Å²) in [5.41, 5.74) is 3.51. The van der Waals surface area contributed by atoms with Crippen molar-refractivity contribution in [2.75, 3.05) is 5.32 Å². The summed E-state index contributed by atoms with van der Waals surface area (Å²) >= 11 is 0. The Morgan fingerprint density at radius 3 is 2.30 bits per heavy atom. The van der Waals surface area contributed by atoms with Crippen LogP contribution < -0.4 is 14.8 Å². The van der Waals surface area contributed by atoms with Crippen LogP contribution in [0, 0.1) is 0 Å². The summed E-state index contributed by atoms with van der Waals surface area (Å²) in [6.45, 7) is 5.93. The third kappa shape index (κ3) is 5.25. The van der Waals surface area contributed by atoms with Gasteiger partial charge >= 0.3 is 0 Å². The SMILES string of the molecule is CC[C@H](Oc1ccc2c(c1)CCCC2)C(=O)Nc1ccc(OC(C)C)cc1. The minimum absolute atomic E-state index is 0.125. The molecule has 4 nitrogen and oxygen atoms in total. The Bertz CT molecular complexity index is 768. The second kappa shape index (κ2) is 8.94. The van der Waals surface area contributed by atoms with Crippen molar-refractivity contribution in [1.82, 2.24) is 0 Å². The fraction of sp³-hybridized carbons (Fsp3) is 0.435. The summed E-state index contributed by atoms with van der Waals surface area (Å²) < 4.78 is 11.6. The molecule has 0 saturated carbocycles. The van der Waals surface area contributed by atoms with Crippen LogP contribution in [0.25, 0.3) is 0 Å². The van der Waals surface area contributed by atoms with Gasteiger partial charge in [-0.05, 0) is 93.5 Å². The second-order valence-electron chi connectivity index (χ2n) is 7.33. The molecule has 0 bridgehead atoms. The van der Waals surface area contributed by atoms with Gasteiger partial charge in [-0.1, -0.05) is 13.0 Å². The van der Waals surface area contributed by atoms with Crippen LogP contribution in [-0.2, 0) is 17.6 Å². The molecule has 27 heavy (non-hydrogen) atoms. The Morgan fingerprint density at radius 1 is 0.963 bits per heavy atom. The van der Waals surface area contributed by atoms with Crippen LogP contribution in [-0.4, -0.2) is 18.1 Å². The van der Waals surface area contributed by atoms with Crippen LogP contribution in [0.5, 0.6) is 11.5 Å². The first-order chi connectivity index (χ1) is 13.0. The summed E-state index contributed by atoms with van der Waals surface area (Å²) in [4.78, 5) is 12.6. The average molecular weight is 367 g/mol. The maximum atomic E-state index is 12.6. The highest BCUT2D eigenvalue weighted by Gasteiger charge is 2.19. The van der Waals surface area contributed by atoms with E-state index >= 15 is 0 Å². The minimum Gasteiger partial charge on any atom is -0.491 e. The van der Waals surface area contributed by atoms with Gasteiger partial charge in [0.1, 0.15) is 11.5 Å². The van der Waals surface area contributed by atoms with Crippen LogP contribution in [0.15, 0.2) is 42.5 Å². The molecule has 1 amide bonds. The lowest BCUT2D eigenvalue weighted by molar-refractivity contribution is -0.122. The lowest BCUT2D eigenvalue weighted by Gasteiger charge is -2.20. The molecule has 0 heterocycles. The number of carbonyl (C=O) groups is 1. The molecule has 0 unspecified atom stereocenters. The summed E-state index contributed by atoms with van der Waals surface area (Å²) in [5.74, 6) is 1.44. The highest BCUT2D eigenvalue weighted by atomic mass is 16.5. The zero-order chi connectivity index (χ0) is 19.2. The molecule has 144 valence electrons. The maximum Gasteiger partial charge on any atom is 0.265 e. The van der Waals surface area contributed by atoms with Gasteiger partial charge in [-0.15, -0.1) is 0 Å². The molecule has 2 aromatic carbocycles. The Kier molecular flexibility index (Phi) is 6.38. The van der Waals surface area contributed by atoms with Crippen molar-refractivity contribution in [2.24, 2.45) is 0 Å². The van der Waals surface area contributed by atoms with E-state index in [2.05, 4.69) is 17.4 Å². The highest BCUT2D eigenvalue weighted by molar-refractivity contribution is 5.94. The van der Waals surface area contributed by atoms with Gasteiger partial charge in [-0.2, -0.15) is 0 Å². The second-order valence-corrected chi connectivity index (χ2v) is 7.33. The van der Waals surface area contributed by atoms with Crippen LogP contribution in [0.4, 0.5) is 5.69 Å². The zero-order valence-corrected chi connectivity index (χ0v) is 16.5. The summed E-state index contributed by atoms with van der Waals surface area (Å²) in [5, 5.41) is 2.94. The number of carbonyl (C=O) groups excluding carboxylic acids is 1. The fourth-order valence-corrected chi connectivity index (χ4v) is 3.38. The van der Waals surface area contributed by atoms with Crippen LogP contribution in [0.3, 0.4) is 0 Å². The number of benzene rings is 2. The normalized spacial score (nSPS) is 14.4. The van der Waals surface area contributed by atoms with E-state index in [1.807, 2.05) is 51.1 Å². The molecule has 1 aliphatic rings. The number of aryl methyl sites for hydroxylation is 2. The molecule has 0 radical (unpaired) electrons. The number of nitrogens with one attached hydrogen (secondary N) is 1. The largest absolute Gasteiger partial charge is 0.491 e. The summed E-state index contributed by atoms with van der Waals surface area (Å²) in [6.07, 6.45) is 4.94. The predicted molar refractivity (Wildman–Crippen MR) is 109 cm³/mol. The van der Waals surface area contributed by atoms with Crippen LogP contribution >= 0.6 is 0 Å². The first-order valence-corrected chi connectivity index (χ1v) is 9.91. The van der Waals surface area contributed by atoms with Gasteiger partial charge in [-0.3, -0.25) is 4.79 Å². The monoisotopic (exact) mass is 367 g/mol. The summed E-state index contributed by atoms with van der Waals surface area (Å²) in [6, 6.07) is 13.6. The van der Waals surface area contributed by atoms with Crippen molar-refractivity contribution in [2.45, 2.75) is 65.1 Å². The number of amides is 1. The van der Waals surface area contributed by atoms with Gasteiger partial charge in [0.25, 0.3) is 5.91 Å². The van der Waals surface area contributed by atoms with Crippen LogP contribution in [0.1, 0.15) is 51.2 Å². The van der Waals surface area contributed by atoms with E-state index in [1.54, 1.807) is 0 Å². The Morgan fingerprint density at radius 2 is 1.63 bits per heavy atom. The van der Waals surface area contributed by atoms with E-state index in [4.69, 9.17) is 9.47 Å². The third-order valence-electron chi connectivity index (χ3n) is 4.76. The molecule has 1 N–H and O–H groups in total. The molecule has 0 aromatic heterocycles. The van der Waals surface area contributed by atoms with Crippen molar-refractivity contribution in [3.05, 3.63) is 53.6 Å². The number of rotatable bonds is 7. The molecule has 1 atom stereocenters. The van der Waals surface area contributed by atoms with E-state index in [0.717, 1.165) is 30.0 Å². The zero-order valence-electron chi connectivity index (χ0n) is 16.5. The van der Waals surface area contributed by atoms with E-state index < -0.39 is 6.10 Å². The van der Waals surface area contributed by atoms with Crippen molar-refractivity contribution in [3.8, 4) is 11.5 Å². The number of hydrogen-bond acceptors (Lipinski definition) is 3. The standard InChI is InChI=1S/C23H29NO3/c1-4-22(27-21-12-9-17-7-5-6-8-18(17)15-21)23(25)24-19-10-13-20(14-11-19)26-16(2)3/h9-16,22H,4-8H2,1-3H3,(H,24,25)/t22-/m0/s1. The van der Waals surface area contributed by atoms with Crippen LogP contribution in [0.2, 0.25) is 0 Å². The third-order valence-corrected chi connectivity index (χ3v) is 4.76. The molecular weight excluding hydrogens is 338 g/mol. The van der Waals surface area contributed by atoms with E-state index in [-0.39, 0.29) is 12.0 Å². The summed E-state index contributed by atoms with van der Waals surface area (Å²) in [7, 11) is 0. The molecule has 0 saturated heterocycles. The molecule has 4 heteroatoms. The molecule has 0 fully saturated rings. The van der Waals surface area contributed by atoms with Crippen molar-refractivity contribution < 1.29 is 14.3 Å². The van der Waals surface area contributed by atoms with E-state index in [0.29, 0.717) is 6.42 Å². The first kappa shape index (κ1) is 19.3. The number of hydrogen-bond donors (Lipinski definition) is 1. The fourth-order valence-electron chi connectivity index (χ4n) is 3.38. The minimum atomic E-state index is -0.516. The molecule has 0 spiro atoms. The van der Waals surface area contributed by atoms with E-state index in [9.17, 15) is 4.79 Å². The molecule has 1 aliphatic carbocycles. The topological polar surface area (TPSA) is 47.6 Å². The average Bonchev–Trinajstić information content (AvgIpc) is 2.67. The molecule has 3 rings (SSSR count). The predicted octanol–water partition coefficient (Wildman–Crippen LogP) is 5.15. The molecular formula is C23H29NO3. The molecule has 0 aliphatic heterocycles. The van der Waals surface area contributed by atoms with Gasteiger partial charge in [0.15, 0.2) is 6.10 Å². The van der Waals surface area contributed by atoms with Crippen molar-refractivity contribution in [1.29, 1.82) is 0 Å². The van der Waals surface area contributed by atoms with Crippen molar-refractivity contribution in [3.63, 3.8) is 0 Å². The van der Waals surface area contributed by atoms with E-state index in [1.165, 1.54) is 24.0 Å². The first-order valence-electron chi connectivity index (χ1n) is 9.91. The number of ether oxygens (including phenoxy) is 2. The smallest absolute Gasteiger partial charge is 0.265 e. The Labute approximate surface area is 161 Å². The quantitative estimate of drug-likeness (QED) is 0.736. The number of anilines is 1. The highest BCUT2D eigenvalue weighted by Crippen LogP contribution is 2.26. The Hall–Kier alpha value is -2.49. The molecule has 2 aromatic rings. The maximum absolute atomic E-state index is 12.6. The Balaban J connectivity index is 1.62. The van der Waals surface area contributed by atoms with Gasteiger partial charge in [0, 0.05) is 5.69 Å². The van der Waals surface area contributed by atoms with Gasteiger partial charge in [0.2, 0.25) is 0 Å². The van der Waals surface area contributed by atoms with Gasteiger partial charge in [-0.25, -0.2) is 0 Å². The lowest BCUT2D eigenvalue weighted by Crippen LogP contribution is -2.32. The van der Waals surface area contributed by atoms with Gasteiger partial charge in [0.05, 0.1) is 6.10 Å². The van der Waals surface area contributed by atoms with Gasteiger partial charge < -0.3 is 14.8 Å². The lowest BCUT2D eigenvalue weighted by atomic mass is 9.92. The van der Waals surface area contributed by atoms with Crippen molar-refractivity contribution >= 4 is 11.6 Å². The number of fused-ring (bicyclic) bond motifs is 1.